The molecule has 0 bridgehead atoms. The average molecular weight is 258 g/mol. The molecule has 0 saturated carbocycles. The molecular formula is C15H34N2O. The van der Waals surface area contributed by atoms with Crippen molar-refractivity contribution in [1.82, 2.24) is 10.2 Å². The van der Waals surface area contributed by atoms with E-state index in [1.54, 1.807) is 7.11 Å². The molecule has 1 unspecified atom stereocenters. The highest BCUT2D eigenvalue weighted by atomic mass is 16.5. The van der Waals surface area contributed by atoms with Crippen LogP contribution in [-0.4, -0.2) is 50.8 Å². The first-order valence-electron chi connectivity index (χ1n) is 7.63. The van der Waals surface area contributed by atoms with E-state index in [-0.39, 0.29) is 0 Å². The van der Waals surface area contributed by atoms with Gasteiger partial charge in [-0.1, -0.05) is 20.8 Å². The maximum atomic E-state index is 5.23. The molecule has 3 nitrogen and oxygen atoms in total. The van der Waals surface area contributed by atoms with E-state index in [4.69, 9.17) is 4.74 Å². The van der Waals surface area contributed by atoms with Crippen LogP contribution >= 0.6 is 0 Å². The summed E-state index contributed by atoms with van der Waals surface area (Å²) in [7, 11) is 3.86. The van der Waals surface area contributed by atoms with Crippen LogP contribution in [0.4, 0.5) is 0 Å². The minimum absolute atomic E-state index is 0.677. The van der Waals surface area contributed by atoms with Crippen LogP contribution in [0.15, 0.2) is 0 Å². The molecule has 0 aliphatic carbocycles. The molecule has 0 amide bonds. The number of nitrogens with zero attached hydrogens (tertiary/aromatic N) is 1. The number of nitrogens with one attached hydrogen (secondary N) is 1. The summed E-state index contributed by atoms with van der Waals surface area (Å²) < 4.78 is 5.23. The maximum Gasteiger partial charge on any atom is 0.0589 e. The molecule has 1 atom stereocenters. The molecule has 0 aliphatic rings. The van der Waals surface area contributed by atoms with Crippen molar-refractivity contribution in [3.63, 3.8) is 0 Å². The second kappa shape index (κ2) is 11.9. The number of methoxy groups -OCH3 is 1. The van der Waals surface area contributed by atoms with Gasteiger partial charge in [0.2, 0.25) is 0 Å². The summed E-state index contributed by atoms with van der Waals surface area (Å²) in [4.78, 5) is 2.60. The molecule has 3 heteroatoms. The maximum absolute atomic E-state index is 5.23. The Hall–Kier alpha value is -0.120. The molecule has 1 N–H and O–H groups in total. The first-order chi connectivity index (χ1) is 8.73. The molecular weight excluding hydrogens is 224 g/mol. The number of hydrogen-bond donors (Lipinski definition) is 1. The third-order valence-electron chi connectivity index (χ3n) is 3.94. The average Bonchev–Trinajstić information content (AvgIpc) is 2.41. The monoisotopic (exact) mass is 258 g/mol. The van der Waals surface area contributed by atoms with Gasteiger partial charge in [-0.3, -0.25) is 4.90 Å². The quantitative estimate of drug-likeness (QED) is 0.582. The minimum atomic E-state index is 0.677. The van der Waals surface area contributed by atoms with Crippen molar-refractivity contribution in [1.29, 1.82) is 0 Å². The van der Waals surface area contributed by atoms with Crippen molar-refractivity contribution < 1.29 is 4.74 Å². The molecule has 0 radical (unpaired) electrons. The smallest absolute Gasteiger partial charge is 0.0589 e. The van der Waals surface area contributed by atoms with Crippen molar-refractivity contribution in [3.05, 3.63) is 0 Å². The van der Waals surface area contributed by atoms with Crippen LogP contribution in [0.25, 0.3) is 0 Å². The zero-order valence-corrected chi connectivity index (χ0v) is 13.2. The van der Waals surface area contributed by atoms with Gasteiger partial charge in [0.05, 0.1) is 6.61 Å². The van der Waals surface area contributed by atoms with E-state index >= 15 is 0 Å². The molecule has 0 rings (SSSR count). The van der Waals surface area contributed by atoms with E-state index in [1.165, 1.54) is 38.6 Å². The van der Waals surface area contributed by atoms with Gasteiger partial charge < -0.3 is 10.1 Å². The molecule has 110 valence electrons. The third-order valence-corrected chi connectivity index (χ3v) is 3.94. The van der Waals surface area contributed by atoms with Gasteiger partial charge in [-0.2, -0.15) is 0 Å². The Morgan fingerprint density at radius 1 is 1.06 bits per heavy atom. The van der Waals surface area contributed by atoms with Crippen LogP contribution in [0, 0.1) is 0 Å². The summed E-state index contributed by atoms with van der Waals surface area (Å²) in [5.74, 6) is 0. The van der Waals surface area contributed by atoms with Gasteiger partial charge in [-0.05, 0) is 45.7 Å². The summed E-state index contributed by atoms with van der Waals surface area (Å²) in [6, 6.07) is 1.39. The van der Waals surface area contributed by atoms with Gasteiger partial charge in [-0.15, -0.1) is 0 Å². The lowest BCUT2D eigenvalue weighted by Crippen LogP contribution is -2.38. The molecule has 0 spiro atoms. The van der Waals surface area contributed by atoms with E-state index in [0.717, 1.165) is 19.2 Å². The highest BCUT2D eigenvalue weighted by Crippen LogP contribution is 2.11. The van der Waals surface area contributed by atoms with E-state index in [0.29, 0.717) is 6.04 Å². The lowest BCUT2D eigenvalue weighted by atomic mass is 10.1. The lowest BCUT2D eigenvalue weighted by molar-refractivity contribution is 0.113. The van der Waals surface area contributed by atoms with Crippen molar-refractivity contribution in [2.45, 2.75) is 65.0 Å². The lowest BCUT2D eigenvalue weighted by Gasteiger charge is -2.30. The Balaban J connectivity index is 4.06. The molecule has 0 saturated heterocycles. The molecule has 0 heterocycles. The number of rotatable bonds is 12. The molecule has 0 aromatic heterocycles. The van der Waals surface area contributed by atoms with Crippen molar-refractivity contribution in [3.8, 4) is 0 Å². The molecule has 0 aromatic carbocycles. The topological polar surface area (TPSA) is 24.5 Å². The summed E-state index contributed by atoms with van der Waals surface area (Å²) in [5, 5.41) is 3.38. The minimum Gasteiger partial charge on any atom is -0.383 e. The van der Waals surface area contributed by atoms with Gasteiger partial charge in [0.15, 0.2) is 0 Å². The van der Waals surface area contributed by atoms with Crippen LogP contribution in [0.5, 0.6) is 0 Å². The van der Waals surface area contributed by atoms with E-state index in [9.17, 15) is 0 Å². The third kappa shape index (κ3) is 7.34. The standard InChI is InChI=1S/C15H34N2O/c1-6-14(16-4)10-9-11-17(12-13-18-5)15(7-2)8-3/h14-16H,6-13H2,1-5H3. The molecule has 0 aliphatic heterocycles. The highest BCUT2D eigenvalue weighted by Gasteiger charge is 2.14. The highest BCUT2D eigenvalue weighted by molar-refractivity contribution is 4.71. The molecule has 0 fully saturated rings. The van der Waals surface area contributed by atoms with Gasteiger partial charge in [-0.25, -0.2) is 0 Å². The molecule has 18 heavy (non-hydrogen) atoms. The Kier molecular flexibility index (Phi) is 11.9. The number of hydrogen-bond acceptors (Lipinski definition) is 3. The number of ether oxygens (including phenoxy) is 1. The Morgan fingerprint density at radius 2 is 1.72 bits per heavy atom. The summed E-state index contributed by atoms with van der Waals surface area (Å²) in [6.07, 6.45) is 6.25. The van der Waals surface area contributed by atoms with E-state index in [1.807, 2.05) is 0 Å². The van der Waals surface area contributed by atoms with Crippen molar-refractivity contribution in [2.75, 3.05) is 33.9 Å². The zero-order valence-electron chi connectivity index (χ0n) is 13.2. The SMILES string of the molecule is CCC(CCCN(CCOC)C(CC)CC)NC. The first kappa shape index (κ1) is 17.9. The normalized spacial score (nSPS) is 13.5. The van der Waals surface area contributed by atoms with Gasteiger partial charge >= 0.3 is 0 Å². The predicted octanol–water partition coefficient (Wildman–Crippen LogP) is 2.90. The van der Waals surface area contributed by atoms with Crippen LogP contribution in [0.3, 0.4) is 0 Å². The van der Waals surface area contributed by atoms with Crippen LogP contribution in [0.1, 0.15) is 52.9 Å². The van der Waals surface area contributed by atoms with Crippen LogP contribution < -0.4 is 5.32 Å². The zero-order chi connectivity index (χ0) is 13.8. The van der Waals surface area contributed by atoms with Gasteiger partial charge in [0.1, 0.15) is 0 Å². The van der Waals surface area contributed by atoms with Gasteiger partial charge in [0.25, 0.3) is 0 Å². The Bertz CT molecular complexity index is 168. The van der Waals surface area contributed by atoms with E-state index in [2.05, 4.69) is 38.0 Å². The molecule has 0 aromatic rings. The largest absolute Gasteiger partial charge is 0.383 e. The predicted molar refractivity (Wildman–Crippen MR) is 80.2 cm³/mol. The fourth-order valence-corrected chi connectivity index (χ4v) is 2.58. The van der Waals surface area contributed by atoms with Crippen LogP contribution in [-0.2, 0) is 4.74 Å². The summed E-state index contributed by atoms with van der Waals surface area (Å²) >= 11 is 0. The van der Waals surface area contributed by atoms with Crippen molar-refractivity contribution in [2.24, 2.45) is 0 Å². The summed E-state index contributed by atoms with van der Waals surface area (Å²) in [5.41, 5.74) is 0. The first-order valence-corrected chi connectivity index (χ1v) is 7.63. The van der Waals surface area contributed by atoms with Gasteiger partial charge in [0, 0.05) is 25.7 Å². The second-order valence-corrected chi connectivity index (χ2v) is 5.04. The van der Waals surface area contributed by atoms with Crippen molar-refractivity contribution >= 4 is 0 Å². The summed E-state index contributed by atoms with van der Waals surface area (Å²) in [6.45, 7) is 9.95. The second-order valence-electron chi connectivity index (χ2n) is 5.04. The van der Waals surface area contributed by atoms with Crippen LogP contribution in [0.2, 0.25) is 0 Å². The Labute approximate surface area is 114 Å². The fourth-order valence-electron chi connectivity index (χ4n) is 2.58. The fraction of sp³-hybridized carbons (Fsp3) is 1.00. The van der Waals surface area contributed by atoms with E-state index < -0.39 is 0 Å². The Morgan fingerprint density at radius 3 is 2.17 bits per heavy atom.